The van der Waals surface area contributed by atoms with E-state index in [0.29, 0.717) is 0 Å². The zero-order chi connectivity index (χ0) is 5.58. The maximum Gasteiger partial charge on any atom is 1.00 e. The van der Waals surface area contributed by atoms with Gasteiger partial charge in [0.05, 0.1) is 0 Å². The van der Waals surface area contributed by atoms with E-state index in [4.69, 9.17) is 15.0 Å². The third kappa shape index (κ3) is 633. The van der Waals surface area contributed by atoms with Crippen molar-refractivity contribution in [3.8, 4) is 0 Å². The van der Waals surface area contributed by atoms with Crippen molar-refractivity contribution in [1.82, 2.24) is 0 Å². The predicted octanol–water partition coefficient (Wildman–Crippen LogP) is -7.63. The molecule has 0 saturated carbocycles. The standard InChI is InChI=1S/C2H4.CH2O3.3Li.3H/c1-2;2-1(3)4;;;;;;/h1-2H2;(H2,2,3,4);;;;;;/q;;3*+1;3*-1. The molecule has 0 radical (unpaired) electrons. The average molecular weight is 114 g/mol. The van der Waals surface area contributed by atoms with Gasteiger partial charge in [0.2, 0.25) is 0 Å². The first-order valence-corrected chi connectivity index (χ1v) is 1.15. The van der Waals surface area contributed by atoms with Crippen molar-refractivity contribution in [3.63, 3.8) is 0 Å². The normalized spacial score (nSPS) is 3.11. The molecule has 0 aromatic heterocycles. The first-order valence-electron chi connectivity index (χ1n) is 1.15. The Hall–Kier alpha value is 0.802. The average Bonchev–Trinajstić information content (AvgIpc) is 1.41. The van der Waals surface area contributed by atoms with Gasteiger partial charge in [-0.15, -0.1) is 13.2 Å². The number of hydrogen-bond donors (Lipinski definition) is 2. The van der Waals surface area contributed by atoms with Crippen LogP contribution in [0, 0.1) is 0 Å². The molecule has 0 fully saturated rings. The molecule has 9 heavy (non-hydrogen) atoms. The molecular weight excluding hydrogens is 105 g/mol. The minimum Gasteiger partial charge on any atom is -1.00 e. The van der Waals surface area contributed by atoms with Gasteiger partial charge in [0.25, 0.3) is 0 Å². The molecular formula is C3H9Li3O3. The molecule has 0 aliphatic rings. The summed E-state index contributed by atoms with van der Waals surface area (Å²) in [4.78, 5) is 8.56. The summed E-state index contributed by atoms with van der Waals surface area (Å²) in [6.07, 6.45) is -1.83. The van der Waals surface area contributed by atoms with Crippen molar-refractivity contribution in [2.45, 2.75) is 0 Å². The Kier molecular flexibility index (Phi) is 136. The summed E-state index contributed by atoms with van der Waals surface area (Å²) in [6.45, 7) is 6.00. The van der Waals surface area contributed by atoms with Crippen LogP contribution in [-0.2, 0) is 0 Å². The van der Waals surface area contributed by atoms with E-state index >= 15 is 0 Å². The Labute approximate surface area is 94.9 Å². The number of hydrogen-bond acceptors (Lipinski definition) is 1. The van der Waals surface area contributed by atoms with Gasteiger partial charge in [-0.1, -0.05) is 0 Å². The molecule has 0 rings (SSSR count). The summed E-state index contributed by atoms with van der Waals surface area (Å²) in [5.74, 6) is 0. The quantitative estimate of drug-likeness (QED) is 0.243. The van der Waals surface area contributed by atoms with Crippen molar-refractivity contribution < 1.29 is 75.9 Å². The van der Waals surface area contributed by atoms with Gasteiger partial charge in [-0.3, -0.25) is 0 Å². The fourth-order valence-corrected chi connectivity index (χ4v) is 0. The number of carbonyl (C=O) groups is 1. The minimum absolute atomic E-state index is 0. The van der Waals surface area contributed by atoms with Gasteiger partial charge in [-0.05, 0) is 0 Å². The predicted molar refractivity (Wildman–Crippen MR) is 25.2 cm³/mol. The molecule has 2 N–H and O–H groups in total. The van der Waals surface area contributed by atoms with E-state index in [1.165, 1.54) is 0 Å². The van der Waals surface area contributed by atoms with E-state index in [1.54, 1.807) is 0 Å². The molecule has 3 nitrogen and oxygen atoms in total. The number of rotatable bonds is 0. The van der Waals surface area contributed by atoms with E-state index in [2.05, 4.69) is 13.2 Å². The SMILES string of the molecule is C=C.O=C(O)O.[H-].[H-].[H-].[Li+].[Li+].[Li+]. The van der Waals surface area contributed by atoms with Crippen molar-refractivity contribution in [1.29, 1.82) is 0 Å². The van der Waals surface area contributed by atoms with Crippen LogP contribution < -0.4 is 56.6 Å². The van der Waals surface area contributed by atoms with E-state index in [0.717, 1.165) is 0 Å². The molecule has 0 saturated heterocycles. The number of carboxylic acid groups (broad SMARTS) is 2. The van der Waals surface area contributed by atoms with Crippen molar-refractivity contribution in [2.24, 2.45) is 0 Å². The van der Waals surface area contributed by atoms with Crippen LogP contribution in [0.15, 0.2) is 13.2 Å². The van der Waals surface area contributed by atoms with Gasteiger partial charge in [-0.25, -0.2) is 4.79 Å². The van der Waals surface area contributed by atoms with E-state index in [9.17, 15) is 0 Å². The Balaban J connectivity index is -0.00000000317. The zero-order valence-electron chi connectivity index (χ0n) is 9.22. The van der Waals surface area contributed by atoms with Crippen LogP contribution in [0.3, 0.4) is 0 Å². The van der Waals surface area contributed by atoms with Crippen LogP contribution in [0.5, 0.6) is 0 Å². The van der Waals surface area contributed by atoms with Crippen LogP contribution in [0.1, 0.15) is 4.28 Å². The van der Waals surface area contributed by atoms with Crippen LogP contribution in [-0.4, -0.2) is 16.4 Å². The molecule has 0 bridgehead atoms. The Bertz CT molecular complexity index is 55.3. The molecule has 0 heterocycles. The minimum atomic E-state index is -1.83. The summed E-state index contributed by atoms with van der Waals surface area (Å²) >= 11 is 0. The molecule has 0 atom stereocenters. The Morgan fingerprint density at radius 2 is 1.11 bits per heavy atom. The maximum absolute atomic E-state index is 8.56. The molecule has 0 amide bonds. The molecule has 0 unspecified atom stereocenters. The Morgan fingerprint density at radius 3 is 1.11 bits per heavy atom. The Morgan fingerprint density at radius 1 is 1.11 bits per heavy atom. The van der Waals surface area contributed by atoms with Crippen molar-refractivity contribution in [3.05, 3.63) is 13.2 Å². The third-order valence-electron chi connectivity index (χ3n) is 0. The molecule has 0 aromatic carbocycles. The topological polar surface area (TPSA) is 57.5 Å². The fraction of sp³-hybridized carbons (Fsp3) is 0. The first kappa shape index (κ1) is 32.9. The zero-order valence-corrected chi connectivity index (χ0v) is 6.22. The first-order chi connectivity index (χ1) is 2.73. The summed E-state index contributed by atoms with van der Waals surface area (Å²) in [7, 11) is 0. The van der Waals surface area contributed by atoms with E-state index < -0.39 is 6.16 Å². The van der Waals surface area contributed by atoms with Gasteiger partial charge >= 0.3 is 62.7 Å². The maximum atomic E-state index is 8.56. The van der Waals surface area contributed by atoms with Gasteiger partial charge in [-0.2, -0.15) is 0 Å². The smallest absolute Gasteiger partial charge is 1.00 e. The van der Waals surface area contributed by atoms with Gasteiger partial charge in [0.15, 0.2) is 0 Å². The second-order valence-electron chi connectivity index (χ2n) is 0.283. The van der Waals surface area contributed by atoms with E-state index in [1.807, 2.05) is 0 Å². The van der Waals surface area contributed by atoms with Crippen LogP contribution in [0.2, 0.25) is 0 Å². The van der Waals surface area contributed by atoms with Gasteiger partial charge in [0, 0.05) is 0 Å². The third-order valence-corrected chi connectivity index (χ3v) is 0. The summed E-state index contributed by atoms with van der Waals surface area (Å²) in [6, 6.07) is 0. The van der Waals surface area contributed by atoms with E-state index in [-0.39, 0.29) is 60.9 Å². The molecule has 0 aromatic rings. The molecule has 6 heteroatoms. The fourth-order valence-electron chi connectivity index (χ4n) is 0. The van der Waals surface area contributed by atoms with Crippen molar-refractivity contribution >= 4 is 6.16 Å². The van der Waals surface area contributed by atoms with Crippen LogP contribution in [0.4, 0.5) is 4.79 Å². The molecule has 0 spiro atoms. The summed E-state index contributed by atoms with van der Waals surface area (Å²) < 4.78 is 0. The molecule has 42 valence electrons. The molecule has 0 aliphatic carbocycles. The largest absolute Gasteiger partial charge is 1.00 e. The van der Waals surface area contributed by atoms with Crippen LogP contribution >= 0.6 is 0 Å². The van der Waals surface area contributed by atoms with Gasteiger partial charge in [0.1, 0.15) is 0 Å². The molecule has 0 aliphatic heterocycles. The van der Waals surface area contributed by atoms with Crippen LogP contribution in [0.25, 0.3) is 0 Å². The summed E-state index contributed by atoms with van der Waals surface area (Å²) in [5, 5.41) is 13.9. The van der Waals surface area contributed by atoms with Crippen molar-refractivity contribution in [2.75, 3.05) is 0 Å². The van der Waals surface area contributed by atoms with Gasteiger partial charge < -0.3 is 14.5 Å². The second kappa shape index (κ2) is 37.1. The second-order valence-corrected chi connectivity index (χ2v) is 0.283. The summed E-state index contributed by atoms with van der Waals surface area (Å²) in [5.41, 5.74) is 0. The monoisotopic (exact) mass is 114 g/mol.